The molecule has 0 aromatic rings. The Labute approximate surface area is 126 Å². The molecule has 1 saturated carbocycles. The van der Waals surface area contributed by atoms with Crippen molar-refractivity contribution in [2.24, 2.45) is 34.0 Å². The minimum absolute atomic E-state index is 0.299. The number of hydrogen-bond acceptors (Lipinski definition) is 2. The third-order valence-electron chi connectivity index (χ3n) is 4.85. The van der Waals surface area contributed by atoms with Crippen molar-refractivity contribution in [3.8, 4) is 0 Å². The molecule has 4 aliphatic carbocycles. The van der Waals surface area contributed by atoms with Crippen LogP contribution in [0.4, 0.5) is 0 Å². The Balaban J connectivity index is 2.51. The Morgan fingerprint density at radius 2 is 1.75 bits per heavy atom. The number of carbonyl (C=O) groups is 2. The summed E-state index contributed by atoms with van der Waals surface area (Å²) in [5, 5.41) is 0. The predicted octanol–water partition coefficient (Wildman–Crippen LogP) is 3.58. The highest BCUT2D eigenvalue weighted by Gasteiger charge is 2.67. The van der Waals surface area contributed by atoms with Gasteiger partial charge in [-0.15, -0.1) is 0 Å². The lowest BCUT2D eigenvalue weighted by molar-refractivity contribution is -0.158. The van der Waals surface area contributed by atoms with Gasteiger partial charge in [0.15, 0.2) is 0 Å². The van der Waals surface area contributed by atoms with Crippen LogP contribution in [0.25, 0.3) is 0 Å². The number of Topliss-reactive ketones (excluding diaryl/α,β-unsaturated/α-hetero) is 2. The number of rotatable bonds is 0. The van der Waals surface area contributed by atoms with Crippen LogP contribution in [0.2, 0.25) is 0 Å². The summed E-state index contributed by atoms with van der Waals surface area (Å²) in [6, 6.07) is -0.602. The largest absolute Gasteiger partial charge is 0.290 e. The van der Waals surface area contributed by atoms with Crippen LogP contribution in [0.1, 0.15) is 47.0 Å². The van der Waals surface area contributed by atoms with Crippen molar-refractivity contribution in [2.75, 3.05) is 0 Å². The van der Waals surface area contributed by atoms with Crippen LogP contribution in [0.5, 0.6) is 0 Å². The normalized spacial score (nSPS) is 50.7. The summed E-state index contributed by atoms with van der Waals surface area (Å²) in [6.07, 6.45) is 1.71. The minimum atomic E-state index is -1.89. The molecule has 4 atom stereocenters. The highest BCUT2D eigenvalue weighted by atomic mass is 16.2. The fraction of sp³-hybridized carbons (Fsp3) is 0.667. The molecule has 0 saturated heterocycles. The van der Waals surface area contributed by atoms with Crippen molar-refractivity contribution in [3.05, 3.63) is 23.8 Å². The second-order valence-corrected chi connectivity index (χ2v) is 8.07. The Morgan fingerprint density at radius 1 is 1.15 bits per heavy atom. The van der Waals surface area contributed by atoms with E-state index in [2.05, 4.69) is 0 Å². The molecule has 0 radical (unpaired) electrons. The molecule has 4 unspecified atom stereocenters. The smallest absolute Gasteiger partial charge is 0.210 e. The van der Waals surface area contributed by atoms with Gasteiger partial charge in [0.05, 0.1) is 14.1 Å². The first kappa shape index (κ1) is 9.70. The van der Waals surface area contributed by atoms with E-state index in [1.807, 2.05) is 20.8 Å². The van der Waals surface area contributed by atoms with Gasteiger partial charge in [0.1, 0.15) is 0 Å². The van der Waals surface area contributed by atoms with Gasteiger partial charge in [-0.05, 0) is 16.7 Å². The third kappa shape index (κ3) is 1.35. The second-order valence-electron chi connectivity index (χ2n) is 8.07. The number of carbonyl (C=O) groups excluding carboxylic acids is 2. The SMILES string of the molecule is [2H]C1=C([2H])C2([2H])C1([2H])C1C(=O)C(=O)C2(C(C)(C)C)C=C1C(C)(C)C. The van der Waals surface area contributed by atoms with Gasteiger partial charge < -0.3 is 0 Å². The zero-order valence-electron chi connectivity index (χ0n) is 17.0. The van der Waals surface area contributed by atoms with E-state index in [4.69, 9.17) is 5.48 Å². The summed E-state index contributed by atoms with van der Waals surface area (Å²) in [7, 11) is 0. The van der Waals surface area contributed by atoms with Crippen LogP contribution in [0.15, 0.2) is 23.8 Å². The summed E-state index contributed by atoms with van der Waals surface area (Å²) in [5.41, 5.74) is -2.23. The first-order chi connectivity index (χ1) is 10.6. The number of allylic oxidation sites excluding steroid dienone is 4. The molecule has 2 nitrogen and oxygen atoms in total. The zero-order chi connectivity index (χ0) is 18.7. The van der Waals surface area contributed by atoms with Crippen molar-refractivity contribution < 1.29 is 15.1 Å². The molecule has 0 spiro atoms. The maximum atomic E-state index is 13.1. The van der Waals surface area contributed by atoms with E-state index in [0.717, 1.165) is 0 Å². The van der Waals surface area contributed by atoms with E-state index in [9.17, 15) is 9.59 Å². The van der Waals surface area contributed by atoms with Gasteiger partial charge >= 0.3 is 0 Å². The fourth-order valence-electron chi connectivity index (χ4n) is 3.63. The monoisotopic (exact) mass is 276 g/mol. The maximum absolute atomic E-state index is 13.1. The van der Waals surface area contributed by atoms with Crippen molar-refractivity contribution in [3.63, 3.8) is 0 Å². The highest BCUT2D eigenvalue weighted by molar-refractivity contribution is 6.43. The van der Waals surface area contributed by atoms with E-state index in [-0.39, 0.29) is 12.1 Å². The van der Waals surface area contributed by atoms with E-state index in [1.165, 1.54) is 0 Å². The summed E-state index contributed by atoms with van der Waals surface area (Å²) >= 11 is 0. The quantitative estimate of drug-likeness (QED) is 0.500. The lowest BCUT2D eigenvalue weighted by Crippen LogP contribution is -2.65. The molecule has 108 valence electrons. The number of fused-ring (bicyclic) bond motifs is 1. The molecule has 1 fully saturated rings. The Morgan fingerprint density at radius 3 is 2.25 bits per heavy atom. The topological polar surface area (TPSA) is 34.1 Å². The molecule has 20 heavy (non-hydrogen) atoms. The second kappa shape index (κ2) is 3.52. The van der Waals surface area contributed by atoms with Crippen molar-refractivity contribution in [2.45, 2.75) is 41.5 Å². The summed E-state index contributed by atoms with van der Waals surface area (Å²) < 4.78 is 34.2. The van der Waals surface area contributed by atoms with E-state index >= 15 is 0 Å². The molecule has 0 aliphatic heterocycles. The average molecular weight is 276 g/mol. The van der Waals surface area contributed by atoms with Crippen molar-refractivity contribution in [1.29, 1.82) is 0 Å². The van der Waals surface area contributed by atoms with Crippen LogP contribution in [0.3, 0.4) is 0 Å². The lowest BCUT2D eigenvalue weighted by atomic mass is 9.40. The first-order valence-corrected chi connectivity index (χ1v) is 7.10. The maximum Gasteiger partial charge on any atom is 0.210 e. The Hall–Kier alpha value is -1.18. The summed E-state index contributed by atoms with van der Waals surface area (Å²) in [4.78, 5) is 26.0. The van der Waals surface area contributed by atoms with Crippen LogP contribution in [-0.2, 0) is 9.59 Å². The first-order valence-electron chi connectivity index (χ1n) is 9.10. The van der Waals surface area contributed by atoms with Crippen LogP contribution in [-0.4, -0.2) is 11.6 Å². The molecule has 0 N–H and O–H groups in total. The number of ketones is 2. The standard InChI is InChI=1S/C18H24O2/c1-16(2,3)12-9-18(17(4,5)6)11-8-7-10(11)13(12)14(19)15(18)20/h7-11,13H,1-6H3/i7D,8D,10D,11D. The van der Waals surface area contributed by atoms with Gasteiger partial charge in [0.2, 0.25) is 11.6 Å². The molecule has 0 heterocycles. The Bertz CT molecular complexity index is 752. The highest BCUT2D eigenvalue weighted by Crippen LogP contribution is 2.65. The molecule has 2 bridgehead atoms. The molecule has 4 aliphatic rings. The molecular weight excluding hydrogens is 248 g/mol. The van der Waals surface area contributed by atoms with Crippen molar-refractivity contribution in [1.82, 2.24) is 0 Å². The summed E-state index contributed by atoms with van der Waals surface area (Å²) in [6.45, 7) is 11.0. The molecule has 0 aromatic carbocycles. The van der Waals surface area contributed by atoms with E-state index in [1.54, 1.807) is 26.8 Å². The lowest BCUT2D eigenvalue weighted by Gasteiger charge is -2.61. The van der Waals surface area contributed by atoms with Crippen molar-refractivity contribution >= 4 is 11.6 Å². The zero-order valence-corrected chi connectivity index (χ0v) is 13.0. The number of hydrogen-bond donors (Lipinski definition) is 0. The van der Waals surface area contributed by atoms with Crippen LogP contribution < -0.4 is 0 Å². The van der Waals surface area contributed by atoms with Crippen LogP contribution in [0, 0.1) is 34.0 Å². The van der Waals surface area contributed by atoms with Gasteiger partial charge in [0, 0.05) is 8.64 Å². The van der Waals surface area contributed by atoms with Gasteiger partial charge in [-0.1, -0.05) is 65.3 Å². The predicted molar refractivity (Wildman–Crippen MR) is 79.1 cm³/mol. The van der Waals surface area contributed by atoms with Gasteiger partial charge in [-0.3, -0.25) is 9.59 Å². The molecule has 2 heteroatoms. The molecule has 4 rings (SSSR count). The third-order valence-corrected chi connectivity index (χ3v) is 4.85. The molecular formula is C18H24O2. The minimum Gasteiger partial charge on any atom is -0.290 e. The van der Waals surface area contributed by atoms with Crippen LogP contribution >= 0.6 is 0 Å². The fourth-order valence-corrected chi connectivity index (χ4v) is 3.63. The average Bonchev–Trinajstić information content (AvgIpc) is 2.43. The van der Waals surface area contributed by atoms with E-state index < -0.39 is 45.5 Å². The Kier molecular flexibility index (Phi) is 1.71. The van der Waals surface area contributed by atoms with Gasteiger partial charge in [0.25, 0.3) is 0 Å². The van der Waals surface area contributed by atoms with Gasteiger partial charge in [-0.25, -0.2) is 0 Å². The molecule has 0 aromatic heterocycles. The van der Waals surface area contributed by atoms with E-state index in [0.29, 0.717) is 5.57 Å². The summed E-state index contributed by atoms with van der Waals surface area (Å²) in [5.74, 6) is -6.23. The van der Waals surface area contributed by atoms with Gasteiger partial charge in [-0.2, -0.15) is 0 Å². The molecule has 0 amide bonds.